The van der Waals surface area contributed by atoms with Crippen molar-refractivity contribution in [1.82, 2.24) is 29.9 Å². The molecular weight excluding hydrogens is 522 g/mol. The van der Waals surface area contributed by atoms with Gasteiger partial charge < -0.3 is 19.5 Å². The molecule has 2 aromatic heterocycles. The summed E-state index contributed by atoms with van der Waals surface area (Å²) in [5, 5.41) is 19.9. The van der Waals surface area contributed by atoms with Gasteiger partial charge in [0.15, 0.2) is 0 Å². The lowest BCUT2D eigenvalue weighted by Crippen LogP contribution is -2.43. The van der Waals surface area contributed by atoms with Crippen LogP contribution in [0, 0.1) is 13.8 Å². The van der Waals surface area contributed by atoms with E-state index in [-0.39, 0.29) is 17.4 Å². The summed E-state index contributed by atoms with van der Waals surface area (Å²) in [6, 6.07) is 3.55. The van der Waals surface area contributed by atoms with Crippen molar-refractivity contribution in [2.45, 2.75) is 90.5 Å². The molecule has 0 saturated carbocycles. The fourth-order valence-electron chi connectivity index (χ4n) is 6.63. The molecule has 216 valence electrons. The smallest absolute Gasteiger partial charge is 0.320 e. The molecule has 11 heteroatoms. The molecule has 40 heavy (non-hydrogen) atoms. The molecule has 0 aliphatic carbocycles. The van der Waals surface area contributed by atoms with Crippen LogP contribution in [0.15, 0.2) is 6.07 Å². The Morgan fingerprint density at radius 3 is 2.60 bits per heavy atom. The number of nitrogens with zero attached hydrogens (tertiary/aromatic N) is 7. The summed E-state index contributed by atoms with van der Waals surface area (Å²) in [5.74, 6) is 0.0411. The third kappa shape index (κ3) is 5.19. The summed E-state index contributed by atoms with van der Waals surface area (Å²) in [7, 11) is -1.15. The highest BCUT2D eigenvalue weighted by Gasteiger charge is 2.45. The number of fused-ring (bicyclic) bond motifs is 3. The second-order valence-corrected chi connectivity index (χ2v) is 18.7. The van der Waals surface area contributed by atoms with Gasteiger partial charge in [-0.05, 0) is 82.3 Å². The Labute approximate surface area is 237 Å². The Kier molecular flexibility index (Phi) is 7.24. The third-order valence-electron chi connectivity index (χ3n) is 9.13. The van der Waals surface area contributed by atoms with Crippen LogP contribution in [0.2, 0.25) is 25.7 Å². The van der Waals surface area contributed by atoms with Gasteiger partial charge in [-0.3, -0.25) is 4.90 Å². The lowest BCUT2D eigenvalue weighted by atomic mass is 9.95. The van der Waals surface area contributed by atoms with E-state index in [1.54, 1.807) is 0 Å². The summed E-state index contributed by atoms with van der Waals surface area (Å²) in [4.78, 5) is 14.0. The third-order valence-corrected chi connectivity index (χ3v) is 10.8. The van der Waals surface area contributed by atoms with Crippen LogP contribution in [0.1, 0.15) is 48.1 Å². The van der Waals surface area contributed by atoms with Crippen LogP contribution in [0.4, 0.5) is 5.69 Å². The fraction of sp³-hybridized carbons (Fsp3) is 0.655. The summed E-state index contributed by atoms with van der Waals surface area (Å²) >= 11 is 0. The first-order valence-corrected chi connectivity index (χ1v) is 18.5. The van der Waals surface area contributed by atoms with Crippen molar-refractivity contribution in [3.05, 3.63) is 28.5 Å². The number of aromatic nitrogens is 5. The van der Waals surface area contributed by atoms with Crippen LogP contribution in [-0.4, -0.2) is 81.4 Å². The van der Waals surface area contributed by atoms with Crippen LogP contribution in [0.25, 0.3) is 11.0 Å². The molecule has 0 bridgehead atoms. The van der Waals surface area contributed by atoms with Crippen LogP contribution in [0.3, 0.4) is 0 Å². The van der Waals surface area contributed by atoms with Crippen LogP contribution in [-0.2, 0) is 24.4 Å². The van der Waals surface area contributed by atoms with Gasteiger partial charge in [0, 0.05) is 26.8 Å². The number of aromatic hydroxyl groups is 1. The predicted octanol–water partition coefficient (Wildman–Crippen LogP) is 4.43. The first-order valence-electron chi connectivity index (χ1n) is 14.8. The maximum absolute atomic E-state index is 10.8. The summed E-state index contributed by atoms with van der Waals surface area (Å²) < 4.78 is 14.0. The SMILES string of the molecule is Cc1cc2c(nnn2COCC[Si](C)(C)C)c(N2CCc3c(O)nc(OCC45CCCN4CCC5)nc3C2)c1C. The van der Waals surface area contributed by atoms with Crippen molar-refractivity contribution in [1.29, 1.82) is 0 Å². The Morgan fingerprint density at radius 1 is 1.07 bits per heavy atom. The molecule has 1 N–H and O–H groups in total. The number of ether oxygens (including phenoxy) is 2. The molecule has 0 atom stereocenters. The van der Waals surface area contributed by atoms with Crippen molar-refractivity contribution < 1.29 is 14.6 Å². The van der Waals surface area contributed by atoms with E-state index in [9.17, 15) is 5.11 Å². The van der Waals surface area contributed by atoms with Gasteiger partial charge >= 0.3 is 6.01 Å². The molecule has 1 aromatic carbocycles. The van der Waals surface area contributed by atoms with E-state index in [4.69, 9.17) is 14.5 Å². The highest BCUT2D eigenvalue weighted by molar-refractivity contribution is 6.76. The Balaban J connectivity index is 1.22. The minimum atomic E-state index is -1.15. The Morgan fingerprint density at radius 2 is 1.85 bits per heavy atom. The van der Waals surface area contributed by atoms with Gasteiger partial charge in [0.05, 0.1) is 29.0 Å². The van der Waals surface area contributed by atoms with E-state index >= 15 is 0 Å². The molecule has 10 nitrogen and oxygen atoms in total. The first kappa shape index (κ1) is 27.4. The van der Waals surface area contributed by atoms with Gasteiger partial charge in [-0.1, -0.05) is 24.9 Å². The van der Waals surface area contributed by atoms with E-state index < -0.39 is 8.07 Å². The summed E-state index contributed by atoms with van der Waals surface area (Å²) in [5.41, 5.74) is 7.02. The average molecular weight is 566 g/mol. The van der Waals surface area contributed by atoms with Gasteiger partial charge in [0.1, 0.15) is 18.9 Å². The molecule has 3 aromatic rings. The zero-order valence-electron chi connectivity index (χ0n) is 24.7. The Bertz CT molecular complexity index is 1390. The zero-order chi connectivity index (χ0) is 28.1. The quantitative estimate of drug-likeness (QED) is 0.298. The van der Waals surface area contributed by atoms with E-state index in [1.165, 1.54) is 24.0 Å². The number of hydrogen-bond acceptors (Lipinski definition) is 9. The van der Waals surface area contributed by atoms with Crippen molar-refractivity contribution >= 4 is 24.8 Å². The van der Waals surface area contributed by atoms with Crippen LogP contribution < -0.4 is 9.64 Å². The topological polar surface area (TPSA) is 102 Å². The van der Waals surface area contributed by atoms with Crippen LogP contribution >= 0.6 is 0 Å². The number of rotatable bonds is 9. The summed E-state index contributed by atoms with van der Waals surface area (Å²) in [6.07, 6.45) is 5.40. The molecule has 6 rings (SSSR count). The van der Waals surface area contributed by atoms with Crippen molar-refractivity contribution in [3.8, 4) is 11.9 Å². The molecule has 3 aliphatic heterocycles. The lowest BCUT2D eigenvalue weighted by molar-refractivity contribution is 0.0803. The molecule has 0 spiro atoms. The zero-order valence-corrected chi connectivity index (χ0v) is 25.7. The van der Waals surface area contributed by atoms with Gasteiger partial charge in [0.2, 0.25) is 5.88 Å². The van der Waals surface area contributed by atoms with Gasteiger partial charge in [-0.15, -0.1) is 5.10 Å². The highest BCUT2D eigenvalue weighted by Crippen LogP contribution is 2.40. The monoisotopic (exact) mass is 565 g/mol. The fourth-order valence-corrected chi connectivity index (χ4v) is 7.38. The van der Waals surface area contributed by atoms with Gasteiger partial charge in [0.25, 0.3) is 0 Å². The van der Waals surface area contributed by atoms with Crippen LogP contribution in [0.5, 0.6) is 11.9 Å². The second-order valence-electron chi connectivity index (χ2n) is 13.1. The normalized spacial score (nSPS) is 18.9. The van der Waals surface area contributed by atoms with E-state index in [0.29, 0.717) is 26.3 Å². The second kappa shape index (κ2) is 10.6. The number of anilines is 1. The molecule has 0 amide bonds. The molecule has 0 radical (unpaired) electrons. The first-order chi connectivity index (χ1) is 19.1. The van der Waals surface area contributed by atoms with E-state index in [2.05, 4.69) is 64.7 Å². The lowest BCUT2D eigenvalue weighted by Gasteiger charge is -2.33. The Hall–Kier alpha value is -2.76. The molecular formula is C29H43N7O3Si. The number of benzene rings is 1. The number of hydrogen-bond donors (Lipinski definition) is 1. The van der Waals surface area contributed by atoms with Gasteiger partial charge in [-0.2, -0.15) is 9.97 Å². The summed E-state index contributed by atoms with van der Waals surface area (Å²) in [6.45, 7) is 16.6. The number of aryl methyl sites for hydroxylation is 1. The minimum Gasteiger partial charge on any atom is -0.493 e. The van der Waals surface area contributed by atoms with Crippen molar-refractivity contribution in [2.24, 2.45) is 0 Å². The minimum absolute atomic E-state index is 0.0411. The maximum atomic E-state index is 10.8. The van der Waals surface area contributed by atoms with E-state index in [0.717, 1.165) is 73.1 Å². The van der Waals surface area contributed by atoms with Crippen molar-refractivity contribution in [3.63, 3.8) is 0 Å². The highest BCUT2D eigenvalue weighted by atomic mass is 28.3. The average Bonchev–Trinajstić information content (AvgIpc) is 3.60. The molecule has 2 fully saturated rings. The largest absolute Gasteiger partial charge is 0.493 e. The van der Waals surface area contributed by atoms with E-state index in [1.807, 2.05) is 4.68 Å². The molecule has 0 unspecified atom stereocenters. The molecule has 3 aliphatic rings. The van der Waals surface area contributed by atoms with Crippen molar-refractivity contribution in [2.75, 3.05) is 37.7 Å². The molecule has 2 saturated heterocycles. The maximum Gasteiger partial charge on any atom is 0.320 e. The van der Waals surface area contributed by atoms with Gasteiger partial charge in [-0.25, -0.2) is 4.68 Å². The predicted molar refractivity (Wildman–Crippen MR) is 158 cm³/mol. The standard InChI is InChI=1S/C29H43N7O3Si/c1-20-16-24-25(32-33-36(24)19-38-14-15-40(3,4)5)26(21(20)2)34-13-8-22-23(17-34)30-28(31-27(22)37)39-18-29-9-6-11-35(29)12-7-10-29/h16H,6-15,17-19H2,1-5H3,(H,30,31,37). The molecule has 5 heterocycles.